The van der Waals surface area contributed by atoms with Crippen molar-refractivity contribution in [1.82, 2.24) is 4.98 Å². The zero-order valence-electron chi connectivity index (χ0n) is 21.9. The smallest absolute Gasteiger partial charge is 0.0432 e. The Balaban J connectivity index is 2.37. The third kappa shape index (κ3) is 17.1. The van der Waals surface area contributed by atoms with Crippen molar-refractivity contribution in [2.45, 2.75) is 136 Å². The summed E-state index contributed by atoms with van der Waals surface area (Å²) < 4.78 is 0. The Labute approximate surface area is 207 Å². The summed E-state index contributed by atoms with van der Waals surface area (Å²) >= 11 is 0. The van der Waals surface area contributed by atoms with Gasteiger partial charge >= 0.3 is 0 Å². The Bertz CT molecular complexity index is 479. The van der Waals surface area contributed by atoms with E-state index in [2.05, 4.69) is 31.8 Å². The molecule has 188 valence electrons. The van der Waals surface area contributed by atoms with E-state index in [0.29, 0.717) is 0 Å². The number of H-pyrrole nitrogens is 1. The van der Waals surface area contributed by atoms with Gasteiger partial charge in [-0.15, -0.1) is 0 Å². The maximum atomic E-state index is 3.90. The second kappa shape index (κ2) is 23.3. The van der Waals surface area contributed by atoms with E-state index in [1.807, 2.05) is 0 Å². The van der Waals surface area contributed by atoms with Crippen molar-refractivity contribution in [3.05, 3.63) is 6.07 Å². The minimum atomic E-state index is 0.997. The Hall–Kier alpha value is 0.570. The fourth-order valence-corrected chi connectivity index (χ4v) is 8.50. The SMILES string of the molecule is CCCCCCCCPc1cc(PCCCCCCCC)c(PCCCCCCCC)[nH]1. The van der Waals surface area contributed by atoms with Gasteiger partial charge < -0.3 is 4.98 Å². The second-order valence-electron chi connectivity index (χ2n) is 9.56. The van der Waals surface area contributed by atoms with E-state index in [4.69, 9.17) is 0 Å². The summed E-state index contributed by atoms with van der Waals surface area (Å²) in [7, 11) is 3.04. The molecule has 0 aliphatic rings. The van der Waals surface area contributed by atoms with Gasteiger partial charge in [0.15, 0.2) is 0 Å². The van der Waals surface area contributed by atoms with Gasteiger partial charge in [-0.2, -0.15) is 0 Å². The fourth-order valence-electron chi connectivity index (χ4n) is 4.20. The summed E-state index contributed by atoms with van der Waals surface area (Å²) in [6.07, 6.45) is 29.8. The van der Waals surface area contributed by atoms with Crippen molar-refractivity contribution < 1.29 is 0 Å². The van der Waals surface area contributed by atoms with Crippen LogP contribution in [0.5, 0.6) is 0 Å². The van der Waals surface area contributed by atoms with E-state index in [0.717, 1.165) is 25.7 Å². The van der Waals surface area contributed by atoms with Crippen LogP contribution in [0.1, 0.15) is 136 Å². The maximum Gasteiger partial charge on any atom is 0.0432 e. The summed E-state index contributed by atoms with van der Waals surface area (Å²) in [4.78, 5) is 3.90. The normalized spacial score (nSPS) is 12.6. The monoisotopic (exact) mass is 499 g/mol. The first-order valence-electron chi connectivity index (χ1n) is 14.3. The lowest BCUT2D eigenvalue weighted by molar-refractivity contribution is 0.626. The molecule has 3 atom stereocenters. The van der Waals surface area contributed by atoms with E-state index in [1.54, 1.807) is 16.2 Å². The lowest BCUT2D eigenvalue weighted by atomic mass is 10.1. The first kappa shape index (κ1) is 30.6. The molecule has 1 N–H and O–H groups in total. The first-order chi connectivity index (χ1) is 15.8. The molecule has 1 heterocycles. The molecule has 0 aromatic carbocycles. The largest absolute Gasteiger partial charge is 0.355 e. The molecule has 0 aliphatic heterocycles. The summed E-state index contributed by atoms with van der Waals surface area (Å²) in [6.45, 7) is 6.93. The second-order valence-corrected chi connectivity index (χ2v) is 13.7. The predicted molar refractivity (Wildman–Crippen MR) is 159 cm³/mol. The summed E-state index contributed by atoms with van der Waals surface area (Å²) in [5.41, 5.74) is 3.20. The quantitative estimate of drug-likeness (QED) is 0.108. The molecule has 1 nitrogen and oxygen atoms in total. The predicted octanol–water partition coefficient (Wildman–Crippen LogP) is 9.01. The van der Waals surface area contributed by atoms with Crippen molar-refractivity contribution in [2.75, 3.05) is 18.5 Å². The number of hydrogen-bond donors (Lipinski definition) is 1. The summed E-state index contributed by atoms with van der Waals surface area (Å²) in [6, 6.07) is 2.58. The van der Waals surface area contributed by atoms with E-state index < -0.39 is 0 Å². The summed E-state index contributed by atoms with van der Waals surface area (Å²) in [5, 5.41) is 1.70. The van der Waals surface area contributed by atoms with Crippen molar-refractivity contribution in [1.29, 1.82) is 0 Å². The van der Waals surface area contributed by atoms with Crippen LogP contribution in [0.4, 0.5) is 0 Å². The lowest BCUT2D eigenvalue weighted by Gasteiger charge is -2.06. The van der Waals surface area contributed by atoms with Gasteiger partial charge in [0.25, 0.3) is 0 Å². The Morgan fingerprint density at radius 3 is 1.41 bits per heavy atom. The van der Waals surface area contributed by atoms with E-state index in [9.17, 15) is 0 Å². The van der Waals surface area contributed by atoms with Crippen molar-refractivity contribution in [2.24, 2.45) is 0 Å². The number of aromatic nitrogens is 1. The number of rotatable bonds is 24. The van der Waals surface area contributed by atoms with Gasteiger partial charge in [-0.1, -0.05) is 143 Å². The highest BCUT2D eigenvalue weighted by Gasteiger charge is 2.08. The van der Waals surface area contributed by atoms with E-state index in [-0.39, 0.29) is 0 Å². The molecular weight excluding hydrogens is 443 g/mol. The molecule has 3 unspecified atom stereocenters. The molecule has 0 radical (unpaired) electrons. The minimum Gasteiger partial charge on any atom is -0.355 e. The molecule has 1 rings (SSSR count). The minimum absolute atomic E-state index is 0.997. The molecule has 0 saturated heterocycles. The average molecular weight is 500 g/mol. The Morgan fingerprint density at radius 2 is 0.906 bits per heavy atom. The molecule has 1 aromatic rings. The zero-order valence-corrected chi connectivity index (χ0v) is 24.9. The number of unbranched alkanes of at least 4 members (excludes halogenated alkanes) is 15. The molecule has 0 amide bonds. The highest BCUT2D eigenvalue weighted by atomic mass is 31.1. The molecule has 0 saturated carbocycles. The maximum absolute atomic E-state index is 3.90. The van der Waals surface area contributed by atoms with Gasteiger partial charge in [0.05, 0.1) is 0 Å². The van der Waals surface area contributed by atoms with E-state index in [1.165, 1.54) is 134 Å². The standard InChI is InChI=1S/C28H56NP3/c1-4-7-10-13-16-19-22-30-26-25-27(31-23-20-17-14-11-8-5-2)29-28(26)32-24-21-18-15-12-9-6-3/h25,29-32H,4-24H2,1-3H3. The van der Waals surface area contributed by atoms with Crippen molar-refractivity contribution in [3.8, 4) is 0 Å². The molecule has 0 fully saturated rings. The van der Waals surface area contributed by atoms with Gasteiger partial charge in [-0.05, 0) is 49.1 Å². The van der Waals surface area contributed by atoms with Crippen LogP contribution in [0.25, 0.3) is 0 Å². The van der Waals surface area contributed by atoms with Gasteiger partial charge in [0, 0.05) is 10.9 Å². The van der Waals surface area contributed by atoms with Crippen LogP contribution in [0.3, 0.4) is 0 Å². The van der Waals surface area contributed by atoms with Crippen LogP contribution >= 0.6 is 25.7 Å². The summed E-state index contributed by atoms with van der Waals surface area (Å²) in [5.74, 6) is 0. The van der Waals surface area contributed by atoms with Crippen LogP contribution in [0.2, 0.25) is 0 Å². The number of aromatic amines is 1. The van der Waals surface area contributed by atoms with Crippen molar-refractivity contribution >= 4 is 41.9 Å². The first-order valence-corrected chi connectivity index (χ1v) is 17.9. The average Bonchev–Trinajstić information content (AvgIpc) is 3.19. The lowest BCUT2D eigenvalue weighted by Crippen LogP contribution is -2.14. The van der Waals surface area contributed by atoms with Crippen molar-refractivity contribution in [3.63, 3.8) is 0 Å². The van der Waals surface area contributed by atoms with Crippen LogP contribution in [0.15, 0.2) is 6.07 Å². The highest BCUT2D eigenvalue weighted by molar-refractivity contribution is 7.55. The number of nitrogens with one attached hydrogen (secondary N) is 1. The van der Waals surface area contributed by atoms with Crippen LogP contribution in [-0.2, 0) is 0 Å². The molecular formula is C28H56NP3. The molecule has 32 heavy (non-hydrogen) atoms. The van der Waals surface area contributed by atoms with Crippen LogP contribution < -0.4 is 16.2 Å². The van der Waals surface area contributed by atoms with Gasteiger partial charge in [-0.3, -0.25) is 0 Å². The third-order valence-corrected chi connectivity index (χ3v) is 10.6. The van der Waals surface area contributed by atoms with Gasteiger partial charge in [-0.25, -0.2) is 0 Å². The zero-order chi connectivity index (χ0) is 23.1. The van der Waals surface area contributed by atoms with Gasteiger partial charge in [0.2, 0.25) is 0 Å². The molecule has 4 heteroatoms. The van der Waals surface area contributed by atoms with E-state index >= 15 is 0 Å². The third-order valence-electron chi connectivity index (χ3n) is 6.34. The molecule has 0 bridgehead atoms. The molecule has 0 spiro atoms. The fraction of sp³-hybridized carbons (Fsp3) is 0.857. The Kier molecular flexibility index (Phi) is 22.3. The molecule has 1 aromatic heterocycles. The highest BCUT2D eigenvalue weighted by Crippen LogP contribution is 2.22. The van der Waals surface area contributed by atoms with Crippen LogP contribution in [-0.4, -0.2) is 23.5 Å². The number of hydrogen-bond acceptors (Lipinski definition) is 0. The Morgan fingerprint density at radius 1 is 0.500 bits per heavy atom. The van der Waals surface area contributed by atoms with Crippen LogP contribution in [0, 0.1) is 0 Å². The van der Waals surface area contributed by atoms with Gasteiger partial charge in [0.1, 0.15) is 0 Å². The topological polar surface area (TPSA) is 15.8 Å². The molecule has 0 aliphatic carbocycles.